The predicted octanol–water partition coefficient (Wildman–Crippen LogP) is 1.27. The fourth-order valence-electron chi connectivity index (χ4n) is 1.85. The van der Waals surface area contributed by atoms with Crippen LogP contribution in [0, 0.1) is 5.41 Å². The molecule has 7 heteroatoms. The van der Waals surface area contributed by atoms with Gasteiger partial charge in [0.25, 0.3) is 0 Å². The molecule has 18 heavy (non-hydrogen) atoms. The van der Waals surface area contributed by atoms with E-state index < -0.39 is 11.4 Å². The van der Waals surface area contributed by atoms with Gasteiger partial charge in [-0.3, -0.25) is 4.79 Å². The Hall–Kier alpha value is -1.50. The van der Waals surface area contributed by atoms with Crippen molar-refractivity contribution in [3.05, 3.63) is 5.82 Å². The maximum absolute atomic E-state index is 11.4. The van der Waals surface area contributed by atoms with Crippen LogP contribution in [0.3, 0.4) is 0 Å². The van der Waals surface area contributed by atoms with Crippen molar-refractivity contribution < 1.29 is 14.6 Å². The number of aliphatic carboxylic acids is 1. The molecule has 0 aliphatic rings. The Morgan fingerprint density at radius 1 is 1.50 bits per heavy atom. The number of carboxylic acid groups (broad SMARTS) is 1. The lowest BCUT2D eigenvalue weighted by Crippen LogP contribution is -2.35. The van der Waals surface area contributed by atoms with Gasteiger partial charge in [-0.05, 0) is 30.2 Å². The molecule has 7 nitrogen and oxygen atoms in total. The predicted molar refractivity (Wildman–Crippen MR) is 63.9 cm³/mol. The third-order valence-electron chi connectivity index (χ3n) is 3.54. The lowest BCUT2D eigenvalue weighted by Gasteiger charge is -2.26. The fourth-order valence-corrected chi connectivity index (χ4v) is 1.85. The van der Waals surface area contributed by atoms with Crippen molar-refractivity contribution in [3.8, 4) is 0 Å². The van der Waals surface area contributed by atoms with Crippen LogP contribution in [0.4, 0.5) is 0 Å². The first-order valence-electron chi connectivity index (χ1n) is 6.03. The summed E-state index contributed by atoms with van der Waals surface area (Å²) in [6.07, 6.45) is 0.791. The summed E-state index contributed by atoms with van der Waals surface area (Å²) in [7, 11) is 1.56. The van der Waals surface area contributed by atoms with Gasteiger partial charge in [-0.15, -0.1) is 5.10 Å². The molecule has 1 unspecified atom stereocenters. The van der Waals surface area contributed by atoms with Crippen molar-refractivity contribution in [1.82, 2.24) is 20.2 Å². The third kappa shape index (κ3) is 2.66. The summed E-state index contributed by atoms with van der Waals surface area (Å²) in [6.45, 7) is 5.80. The number of rotatable bonds is 7. The van der Waals surface area contributed by atoms with Crippen LogP contribution in [0.5, 0.6) is 0 Å². The summed E-state index contributed by atoms with van der Waals surface area (Å²) >= 11 is 0. The molecule has 1 N–H and O–H groups in total. The van der Waals surface area contributed by atoms with Gasteiger partial charge in [0.1, 0.15) is 6.10 Å². The molecule has 0 amide bonds. The Labute approximate surface area is 106 Å². The van der Waals surface area contributed by atoms with Crippen LogP contribution in [0.2, 0.25) is 0 Å². The zero-order chi connectivity index (χ0) is 13.8. The maximum atomic E-state index is 11.4. The lowest BCUT2D eigenvalue weighted by molar-refractivity contribution is -0.150. The summed E-state index contributed by atoms with van der Waals surface area (Å²) in [5.74, 6) is -0.274. The number of nitrogens with zero attached hydrogens (tertiary/aromatic N) is 4. The summed E-state index contributed by atoms with van der Waals surface area (Å²) in [6, 6.07) is 0. The highest BCUT2D eigenvalue weighted by atomic mass is 16.5. The first kappa shape index (κ1) is 14.6. The molecule has 1 atom stereocenters. The topological polar surface area (TPSA) is 90.1 Å². The van der Waals surface area contributed by atoms with Crippen molar-refractivity contribution in [2.24, 2.45) is 5.41 Å². The van der Waals surface area contributed by atoms with Gasteiger partial charge < -0.3 is 9.84 Å². The molecule has 0 saturated heterocycles. The molecular formula is C11H20N4O3. The average molecular weight is 256 g/mol. The number of ether oxygens (including phenoxy) is 1. The number of methoxy groups -OCH3 is 1. The molecule has 1 heterocycles. The SMILES string of the molecule is CCC(CC)(Cn1nnnc1C(C)OC)C(=O)O. The highest BCUT2D eigenvalue weighted by Crippen LogP contribution is 2.29. The lowest BCUT2D eigenvalue weighted by atomic mass is 9.82. The Balaban J connectivity index is 3.02. The zero-order valence-electron chi connectivity index (χ0n) is 11.3. The second kappa shape index (κ2) is 5.90. The van der Waals surface area contributed by atoms with E-state index in [0.29, 0.717) is 18.7 Å². The summed E-state index contributed by atoms with van der Waals surface area (Å²) < 4.78 is 6.69. The number of tetrazole rings is 1. The Morgan fingerprint density at radius 3 is 2.56 bits per heavy atom. The molecule has 0 bridgehead atoms. The number of hydrogen-bond donors (Lipinski definition) is 1. The highest BCUT2D eigenvalue weighted by Gasteiger charge is 2.36. The second-order valence-corrected chi connectivity index (χ2v) is 4.37. The van der Waals surface area contributed by atoms with Crippen LogP contribution in [-0.2, 0) is 16.1 Å². The summed E-state index contributed by atoms with van der Waals surface area (Å²) in [5, 5.41) is 20.7. The summed E-state index contributed by atoms with van der Waals surface area (Å²) in [5.41, 5.74) is -0.836. The van der Waals surface area contributed by atoms with Crippen LogP contribution in [-0.4, -0.2) is 38.4 Å². The maximum Gasteiger partial charge on any atom is 0.311 e. The van der Waals surface area contributed by atoms with E-state index in [1.54, 1.807) is 7.11 Å². The largest absolute Gasteiger partial charge is 0.481 e. The second-order valence-electron chi connectivity index (χ2n) is 4.37. The third-order valence-corrected chi connectivity index (χ3v) is 3.54. The van der Waals surface area contributed by atoms with Gasteiger partial charge in [-0.2, -0.15) is 0 Å². The zero-order valence-corrected chi connectivity index (χ0v) is 11.3. The van der Waals surface area contributed by atoms with E-state index in [9.17, 15) is 9.90 Å². The monoisotopic (exact) mass is 256 g/mol. The van der Waals surface area contributed by atoms with E-state index in [-0.39, 0.29) is 12.6 Å². The van der Waals surface area contributed by atoms with Gasteiger partial charge >= 0.3 is 5.97 Å². The van der Waals surface area contributed by atoms with Gasteiger partial charge in [0.05, 0.1) is 12.0 Å². The smallest absolute Gasteiger partial charge is 0.311 e. The van der Waals surface area contributed by atoms with E-state index in [2.05, 4.69) is 15.5 Å². The minimum absolute atomic E-state index is 0.255. The van der Waals surface area contributed by atoms with Crippen molar-refractivity contribution in [1.29, 1.82) is 0 Å². The van der Waals surface area contributed by atoms with Crippen molar-refractivity contribution in [2.45, 2.75) is 46.3 Å². The van der Waals surface area contributed by atoms with E-state index >= 15 is 0 Å². The first-order chi connectivity index (χ1) is 8.50. The van der Waals surface area contributed by atoms with Crippen molar-refractivity contribution in [2.75, 3.05) is 7.11 Å². The number of hydrogen-bond acceptors (Lipinski definition) is 5. The standard InChI is InChI=1S/C11H20N4O3/c1-5-11(6-2,10(16)17)7-15-9(8(3)18-4)12-13-14-15/h8H,5-7H2,1-4H3,(H,16,17). The van der Waals surface area contributed by atoms with Crippen LogP contribution in [0.1, 0.15) is 45.5 Å². The molecule has 0 aliphatic heterocycles. The fraction of sp³-hybridized carbons (Fsp3) is 0.818. The summed E-state index contributed by atoms with van der Waals surface area (Å²) in [4.78, 5) is 11.4. The van der Waals surface area contributed by atoms with Gasteiger partial charge in [-0.1, -0.05) is 13.8 Å². The highest BCUT2D eigenvalue weighted by molar-refractivity contribution is 5.74. The molecule has 0 aromatic carbocycles. The van der Waals surface area contributed by atoms with Gasteiger partial charge in [0, 0.05) is 7.11 Å². The van der Waals surface area contributed by atoms with E-state index in [4.69, 9.17) is 4.74 Å². The van der Waals surface area contributed by atoms with Crippen molar-refractivity contribution in [3.63, 3.8) is 0 Å². The molecule has 0 aliphatic carbocycles. The molecule has 1 aromatic heterocycles. The molecule has 1 rings (SSSR count). The van der Waals surface area contributed by atoms with Gasteiger partial charge in [0.15, 0.2) is 5.82 Å². The Morgan fingerprint density at radius 2 is 2.11 bits per heavy atom. The molecular weight excluding hydrogens is 236 g/mol. The van der Waals surface area contributed by atoms with Gasteiger partial charge in [-0.25, -0.2) is 4.68 Å². The Bertz CT molecular complexity index is 401. The number of carbonyl (C=O) groups is 1. The number of carboxylic acids is 1. The van der Waals surface area contributed by atoms with Crippen LogP contribution >= 0.6 is 0 Å². The van der Waals surface area contributed by atoms with Gasteiger partial charge in [0.2, 0.25) is 0 Å². The molecule has 1 aromatic rings. The average Bonchev–Trinajstić information content (AvgIpc) is 2.82. The molecule has 102 valence electrons. The van der Waals surface area contributed by atoms with E-state index in [0.717, 1.165) is 0 Å². The quantitative estimate of drug-likeness (QED) is 0.790. The van der Waals surface area contributed by atoms with E-state index in [1.807, 2.05) is 20.8 Å². The Kier molecular flexibility index (Phi) is 4.77. The van der Waals surface area contributed by atoms with Crippen LogP contribution < -0.4 is 0 Å². The molecule has 0 radical (unpaired) electrons. The van der Waals surface area contributed by atoms with E-state index in [1.165, 1.54) is 4.68 Å². The minimum Gasteiger partial charge on any atom is -0.481 e. The van der Waals surface area contributed by atoms with Crippen LogP contribution in [0.25, 0.3) is 0 Å². The molecule has 0 spiro atoms. The first-order valence-corrected chi connectivity index (χ1v) is 6.03. The molecule has 0 fully saturated rings. The number of aromatic nitrogens is 4. The minimum atomic E-state index is -0.836. The normalized spacial score (nSPS) is 13.6. The molecule has 0 saturated carbocycles. The van der Waals surface area contributed by atoms with Crippen LogP contribution in [0.15, 0.2) is 0 Å². The van der Waals surface area contributed by atoms with Crippen molar-refractivity contribution >= 4 is 5.97 Å².